The monoisotopic (exact) mass is 354 g/mol. The molecule has 25 heavy (non-hydrogen) atoms. The van der Waals surface area contributed by atoms with Gasteiger partial charge in [0, 0.05) is 28.5 Å². The molecule has 2 bridgehead atoms. The van der Waals surface area contributed by atoms with Crippen LogP contribution in [0.25, 0.3) is 21.9 Å². The molecule has 5 rings (SSSR count). The summed E-state index contributed by atoms with van der Waals surface area (Å²) in [6.07, 6.45) is 5.46. The van der Waals surface area contributed by atoms with Crippen LogP contribution in [-0.4, -0.2) is 27.5 Å². The van der Waals surface area contributed by atoms with Gasteiger partial charge < -0.3 is 9.88 Å². The van der Waals surface area contributed by atoms with E-state index < -0.39 is 0 Å². The van der Waals surface area contributed by atoms with Crippen molar-refractivity contribution in [1.29, 1.82) is 0 Å². The van der Waals surface area contributed by atoms with E-state index in [1.165, 1.54) is 19.3 Å². The van der Waals surface area contributed by atoms with E-state index in [1.54, 1.807) is 6.33 Å². The summed E-state index contributed by atoms with van der Waals surface area (Å²) in [4.78, 5) is 15.3. The van der Waals surface area contributed by atoms with Crippen LogP contribution in [0, 0.1) is 10.8 Å². The predicted octanol–water partition coefficient (Wildman–Crippen LogP) is 5.17. The maximum atomic E-state index is 6.20. The molecule has 0 unspecified atom stereocenters. The van der Waals surface area contributed by atoms with Crippen LogP contribution in [0.4, 0.5) is 5.82 Å². The lowest BCUT2D eigenvalue weighted by molar-refractivity contribution is 0.136. The number of halogens is 1. The smallest absolute Gasteiger partial charge is 0.156 e. The van der Waals surface area contributed by atoms with Gasteiger partial charge in [0.05, 0.1) is 0 Å². The fourth-order valence-corrected chi connectivity index (χ4v) is 5.75. The quantitative estimate of drug-likeness (QED) is 0.655. The standard InChI is InChI=1S/C20H23ClN4/c1-19(2)7-13-8-20(3,9-19)10-25(13)18-17-16(22-11-23-18)14-6-12(21)4-5-15(14)24-17/h4-6,11,13,24H,7-10H2,1-3H3/t13-,20+/m1/s1. The molecule has 4 nitrogen and oxygen atoms in total. The maximum absolute atomic E-state index is 6.20. The van der Waals surface area contributed by atoms with Crippen molar-refractivity contribution in [3.8, 4) is 0 Å². The average molecular weight is 355 g/mol. The Kier molecular flexibility index (Phi) is 3.01. The molecular weight excluding hydrogens is 332 g/mol. The summed E-state index contributed by atoms with van der Waals surface area (Å²) in [5.74, 6) is 1.05. The van der Waals surface area contributed by atoms with Crippen LogP contribution < -0.4 is 4.90 Å². The van der Waals surface area contributed by atoms with E-state index in [9.17, 15) is 0 Å². The van der Waals surface area contributed by atoms with Gasteiger partial charge in [0.25, 0.3) is 0 Å². The van der Waals surface area contributed by atoms with Crippen molar-refractivity contribution in [2.45, 2.75) is 46.1 Å². The fraction of sp³-hybridized carbons (Fsp3) is 0.500. The number of benzene rings is 1. The number of hydrogen-bond donors (Lipinski definition) is 1. The molecule has 2 atom stereocenters. The van der Waals surface area contributed by atoms with Crippen LogP contribution in [0.5, 0.6) is 0 Å². The minimum atomic E-state index is 0.374. The minimum Gasteiger partial charge on any atom is -0.351 e. The lowest BCUT2D eigenvalue weighted by Crippen LogP contribution is -2.35. The van der Waals surface area contributed by atoms with Crippen molar-refractivity contribution < 1.29 is 0 Å². The van der Waals surface area contributed by atoms with Crippen molar-refractivity contribution >= 4 is 39.4 Å². The van der Waals surface area contributed by atoms with E-state index in [1.807, 2.05) is 18.2 Å². The Morgan fingerprint density at radius 1 is 1.20 bits per heavy atom. The van der Waals surface area contributed by atoms with E-state index >= 15 is 0 Å². The summed E-state index contributed by atoms with van der Waals surface area (Å²) in [7, 11) is 0. The molecule has 1 aromatic carbocycles. The number of aromatic amines is 1. The molecule has 2 aliphatic rings. The molecule has 0 amide bonds. The number of H-pyrrole nitrogens is 1. The van der Waals surface area contributed by atoms with Gasteiger partial charge in [-0.3, -0.25) is 0 Å². The molecule has 1 aliphatic carbocycles. The van der Waals surface area contributed by atoms with Crippen LogP contribution in [0.2, 0.25) is 5.02 Å². The third-order valence-electron chi connectivity index (χ3n) is 6.01. The Bertz CT molecular complexity index is 992. The molecule has 1 aliphatic heterocycles. The first kappa shape index (κ1) is 15.4. The third kappa shape index (κ3) is 2.34. The van der Waals surface area contributed by atoms with Gasteiger partial charge >= 0.3 is 0 Å². The molecule has 0 spiro atoms. The van der Waals surface area contributed by atoms with Crippen LogP contribution in [0.3, 0.4) is 0 Å². The van der Waals surface area contributed by atoms with Crippen LogP contribution >= 0.6 is 11.6 Å². The van der Waals surface area contributed by atoms with E-state index in [-0.39, 0.29) is 0 Å². The number of hydrogen-bond acceptors (Lipinski definition) is 3. The Morgan fingerprint density at radius 3 is 2.88 bits per heavy atom. The van der Waals surface area contributed by atoms with Gasteiger partial charge in [0.15, 0.2) is 5.82 Å². The Morgan fingerprint density at radius 2 is 2.04 bits per heavy atom. The Labute approximate surface area is 152 Å². The van der Waals surface area contributed by atoms with Crippen LogP contribution in [0.1, 0.15) is 40.0 Å². The predicted molar refractivity (Wildman–Crippen MR) is 103 cm³/mol. The molecule has 2 fully saturated rings. The zero-order valence-electron chi connectivity index (χ0n) is 14.9. The second kappa shape index (κ2) is 4.88. The minimum absolute atomic E-state index is 0.374. The number of nitrogens with one attached hydrogen (secondary N) is 1. The van der Waals surface area contributed by atoms with Gasteiger partial charge in [-0.15, -0.1) is 0 Å². The lowest BCUT2D eigenvalue weighted by atomic mass is 9.65. The van der Waals surface area contributed by atoms with Gasteiger partial charge in [-0.1, -0.05) is 32.4 Å². The highest BCUT2D eigenvalue weighted by Crippen LogP contribution is 2.53. The number of aromatic nitrogens is 3. The normalized spacial score (nSPS) is 28.2. The summed E-state index contributed by atoms with van der Waals surface area (Å²) in [6.45, 7) is 8.32. The van der Waals surface area contributed by atoms with E-state index in [4.69, 9.17) is 16.6 Å². The third-order valence-corrected chi connectivity index (χ3v) is 6.25. The first-order chi connectivity index (χ1) is 11.8. The maximum Gasteiger partial charge on any atom is 0.156 e. The Hall–Kier alpha value is -1.81. The first-order valence-corrected chi connectivity index (χ1v) is 9.40. The summed E-state index contributed by atoms with van der Waals surface area (Å²) in [5.41, 5.74) is 3.84. The molecule has 0 radical (unpaired) electrons. The van der Waals surface area contributed by atoms with E-state index in [0.29, 0.717) is 16.9 Å². The molecule has 130 valence electrons. The van der Waals surface area contributed by atoms with Gasteiger partial charge in [-0.25, -0.2) is 9.97 Å². The first-order valence-electron chi connectivity index (χ1n) is 9.02. The molecule has 1 saturated carbocycles. The van der Waals surface area contributed by atoms with Gasteiger partial charge in [0.2, 0.25) is 0 Å². The molecule has 3 aromatic rings. The fourth-order valence-electron chi connectivity index (χ4n) is 5.58. The van der Waals surface area contributed by atoms with E-state index in [0.717, 1.165) is 39.3 Å². The summed E-state index contributed by atoms with van der Waals surface area (Å²) in [6, 6.07) is 6.48. The SMILES string of the molecule is CC1(C)C[C@@H]2C[C@](C)(CN2c2ncnc3c2[nH]c2ccc(Cl)cc23)C1. The van der Waals surface area contributed by atoms with Crippen LogP contribution in [-0.2, 0) is 0 Å². The zero-order chi connectivity index (χ0) is 17.4. The summed E-state index contributed by atoms with van der Waals surface area (Å²) >= 11 is 6.20. The molecule has 3 heterocycles. The number of fused-ring (bicyclic) bond motifs is 5. The van der Waals surface area contributed by atoms with Crippen molar-refractivity contribution in [3.63, 3.8) is 0 Å². The average Bonchev–Trinajstić information content (AvgIpc) is 3.00. The van der Waals surface area contributed by atoms with Crippen molar-refractivity contribution in [2.24, 2.45) is 10.8 Å². The second-order valence-electron chi connectivity index (χ2n) is 9.08. The number of rotatable bonds is 1. The van der Waals surface area contributed by atoms with Gasteiger partial charge in [-0.05, 0) is 48.3 Å². The number of anilines is 1. The second-order valence-corrected chi connectivity index (χ2v) is 9.51. The van der Waals surface area contributed by atoms with Gasteiger partial charge in [-0.2, -0.15) is 0 Å². The highest BCUT2D eigenvalue weighted by atomic mass is 35.5. The largest absolute Gasteiger partial charge is 0.351 e. The topological polar surface area (TPSA) is 44.8 Å². The molecule has 1 saturated heterocycles. The molecule has 1 N–H and O–H groups in total. The molecule has 2 aromatic heterocycles. The summed E-state index contributed by atoms with van der Waals surface area (Å²) < 4.78 is 0. The Balaban J connectivity index is 1.68. The number of nitrogens with zero attached hydrogens (tertiary/aromatic N) is 3. The van der Waals surface area contributed by atoms with E-state index in [2.05, 4.69) is 35.6 Å². The zero-order valence-corrected chi connectivity index (χ0v) is 15.7. The van der Waals surface area contributed by atoms with Crippen molar-refractivity contribution in [1.82, 2.24) is 15.0 Å². The highest BCUT2D eigenvalue weighted by molar-refractivity contribution is 6.31. The van der Waals surface area contributed by atoms with Crippen molar-refractivity contribution in [3.05, 3.63) is 29.5 Å². The van der Waals surface area contributed by atoms with Gasteiger partial charge in [0.1, 0.15) is 17.4 Å². The molecular formula is C20H23ClN4. The molecule has 5 heteroatoms. The van der Waals surface area contributed by atoms with Crippen LogP contribution in [0.15, 0.2) is 24.5 Å². The van der Waals surface area contributed by atoms with Crippen molar-refractivity contribution in [2.75, 3.05) is 11.4 Å². The lowest BCUT2D eigenvalue weighted by Gasteiger charge is -2.39. The summed E-state index contributed by atoms with van der Waals surface area (Å²) in [5, 5.41) is 1.81. The highest BCUT2D eigenvalue weighted by Gasteiger charge is 2.50.